The molecule has 1 aliphatic carbocycles. The van der Waals surface area contributed by atoms with Crippen molar-refractivity contribution >= 4 is 17.5 Å². The fourth-order valence-electron chi connectivity index (χ4n) is 4.99. The van der Waals surface area contributed by atoms with E-state index in [0.29, 0.717) is 34.4 Å². The average molecular weight is 506 g/mol. The number of hydrogen-bond donors (Lipinski definition) is 2. The van der Waals surface area contributed by atoms with Gasteiger partial charge in [-0.1, -0.05) is 30.3 Å². The van der Waals surface area contributed by atoms with E-state index in [4.69, 9.17) is 10.2 Å². The van der Waals surface area contributed by atoms with E-state index in [1.165, 1.54) is 6.07 Å². The third-order valence-corrected chi connectivity index (χ3v) is 6.93. The van der Waals surface area contributed by atoms with Crippen LogP contribution in [-0.2, 0) is 12.7 Å². The number of nitrogens with two attached hydrogens (primary N) is 1. The van der Waals surface area contributed by atoms with Gasteiger partial charge in [0.2, 0.25) is 5.89 Å². The average Bonchev–Trinajstić information content (AvgIpc) is 3.44. The van der Waals surface area contributed by atoms with Crippen molar-refractivity contribution in [2.45, 2.75) is 37.5 Å². The Kier molecular flexibility index (Phi) is 5.49. The van der Waals surface area contributed by atoms with Crippen molar-refractivity contribution in [3.63, 3.8) is 0 Å². The number of urea groups is 1. The lowest BCUT2D eigenvalue weighted by atomic mass is 9.78. The first-order valence-corrected chi connectivity index (χ1v) is 11.9. The molecule has 1 aliphatic heterocycles. The Labute approximate surface area is 210 Å². The lowest BCUT2D eigenvalue weighted by Gasteiger charge is -2.35. The van der Waals surface area contributed by atoms with Gasteiger partial charge < -0.3 is 15.5 Å². The second kappa shape index (κ2) is 8.74. The van der Waals surface area contributed by atoms with Gasteiger partial charge in [0, 0.05) is 34.3 Å². The SMILES string of the molecule is NCc1ncc(-c2cccc(NC(=O)N3c4nc(-c5cccc(C(F)(F)F)c5)ccc4C4CCC43)c2)o1. The smallest absolute Gasteiger partial charge is 0.416 e. The minimum atomic E-state index is -4.45. The molecule has 4 aromatic rings. The summed E-state index contributed by atoms with van der Waals surface area (Å²) in [6, 6.07) is 15.4. The van der Waals surface area contributed by atoms with E-state index in [0.717, 1.165) is 36.1 Å². The first kappa shape index (κ1) is 23.2. The fourth-order valence-corrected chi connectivity index (χ4v) is 4.99. The van der Waals surface area contributed by atoms with Crippen LogP contribution < -0.4 is 16.0 Å². The van der Waals surface area contributed by atoms with E-state index in [9.17, 15) is 18.0 Å². The number of benzene rings is 2. The molecule has 2 aromatic carbocycles. The number of nitrogens with zero attached hydrogens (tertiary/aromatic N) is 3. The quantitative estimate of drug-likeness (QED) is 0.345. The number of fused-ring (bicyclic) bond motifs is 3. The Morgan fingerprint density at radius 1 is 1.08 bits per heavy atom. The number of rotatable bonds is 4. The minimum Gasteiger partial charge on any atom is -0.439 e. The Morgan fingerprint density at radius 2 is 1.89 bits per heavy atom. The van der Waals surface area contributed by atoms with Gasteiger partial charge in [0.1, 0.15) is 5.82 Å². The number of carbonyl (C=O) groups excluding carboxylic acids is 1. The largest absolute Gasteiger partial charge is 0.439 e. The highest BCUT2D eigenvalue weighted by Crippen LogP contribution is 2.51. The molecule has 2 aromatic heterocycles. The molecule has 0 bridgehead atoms. The number of amides is 2. The molecular weight excluding hydrogens is 483 g/mol. The number of pyridine rings is 1. The summed E-state index contributed by atoms with van der Waals surface area (Å²) in [4.78, 5) is 23.9. The van der Waals surface area contributed by atoms with E-state index in [2.05, 4.69) is 15.3 Å². The predicted octanol–water partition coefficient (Wildman–Crippen LogP) is 6.18. The molecule has 188 valence electrons. The zero-order valence-corrected chi connectivity index (χ0v) is 19.5. The number of alkyl halides is 3. The molecule has 2 aliphatic rings. The third kappa shape index (κ3) is 4.13. The summed E-state index contributed by atoms with van der Waals surface area (Å²) >= 11 is 0. The van der Waals surface area contributed by atoms with Crippen LogP contribution in [0.2, 0.25) is 0 Å². The van der Waals surface area contributed by atoms with Crippen molar-refractivity contribution in [2.24, 2.45) is 5.73 Å². The number of carbonyl (C=O) groups is 1. The highest BCUT2D eigenvalue weighted by atomic mass is 19.4. The fraction of sp³-hybridized carbons (Fsp3) is 0.222. The van der Waals surface area contributed by atoms with Crippen molar-refractivity contribution in [3.05, 3.63) is 83.9 Å². The van der Waals surface area contributed by atoms with Crippen molar-refractivity contribution in [2.75, 3.05) is 10.2 Å². The minimum absolute atomic E-state index is 0.0381. The monoisotopic (exact) mass is 505 g/mol. The number of hydrogen-bond acceptors (Lipinski definition) is 5. The van der Waals surface area contributed by atoms with Gasteiger partial charge in [0.05, 0.1) is 24.0 Å². The first-order chi connectivity index (χ1) is 17.8. The van der Waals surface area contributed by atoms with Crippen LogP contribution in [-0.4, -0.2) is 22.0 Å². The van der Waals surface area contributed by atoms with E-state index >= 15 is 0 Å². The van der Waals surface area contributed by atoms with Crippen molar-refractivity contribution in [3.8, 4) is 22.6 Å². The van der Waals surface area contributed by atoms with Gasteiger partial charge in [-0.25, -0.2) is 14.8 Å². The molecule has 2 atom stereocenters. The molecule has 37 heavy (non-hydrogen) atoms. The number of aromatic nitrogens is 2. The molecule has 0 saturated heterocycles. The number of anilines is 2. The Balaban J connectivity index is 1.29. The van der Waals surface area contributed by atoms with E-state index in [1.807, 2.05) is 12.1 Å². The van der Waals surface area contributed by atoms with Gasteiger partial charge in [0.15, 0.2) is 5.76 Å². The maximum Gasteiger partial charge on any atom is 0.416 e. The Morgan fingerprint density at radius 3 is 2.62 bits per heavy atom. The van der Waals surface area contributed by atoms with Gasteiger partial charge in [-0.3, -0.25) is 4.90 Å². The summed E-state index contributed by atoms with van der Waals surface area (Å²) in [5.74, 6) is 1.60. The molecule has 1 saturated carbocycles. The topological polar surface area (TPSA) is 97.3 Å². The number of oxazole rings is 1. The van der Waals surface area contributed by atoms with E-state index in [-0.39, 0.29) is 24.5 Å². The second-order valence-corrected chi connectivity index (χ2v) is 9.14. The van der Waals surface area contributed by atoms with Crippen LogP contribution in [0.25, 0.3) is 22.6 Å². The zero-order valence-electron chi connectivity index (χ0n) is 19.5. The molecule has 6 rings (SSSR count). The van der Waals surface area contributed by atoms with Gasteiger partial charge in [-0.15, -0.1) is 0 Å². The third-order valence-electron chi connectivity index (χ3n) is 6.93. The predicted molar refractivity (Wildman–Crippen MR) is 132 cm³/mol. The maximum atomic E-state index is 13.5. The van der Waals surface area contributed by atoms with Crippen LogP contribution in [0.5, 0.6) is 0 Å². The lowest BCUT2D eigenvalue weighted by Crippen LogP contribution is -2.46. The molecule has 1 fully saturated rings. The number of nitrogens with one attached hydrogen (secondary N) is 1. The standard InChI is InChI=1S/C27H22F3N5O2/c28-27(29,30)17-5-1-3-15(11-17)21-9-7-20-19-8-10-22(19)35(25(20)34-21)26(36)33-18-6-2-4-16(12-18)23-14-32-24(13-31)37-23/h1-7,9,11-12,14,19,22H,8,10,13,31H2,(H,33,36). The Bertz CT molecular complexity index is 1500. The number of halogens is 3. The highest BCUT2D eigenvalue weighted by molar-refractivity contribution is 6.04. The summed E-state index contributed by atoms with van der Waals surface area (Å²) in [5, 5.41) is 2.94. The van der Waals surface area contributed by atoms with Crippen LogP contribution in [0, 0.1) is 0 Å². The summed E-state index contributed by atoms with van der Waals surface area (Å²) in [6.45, 7) is 0.183. The van der Waals surface area contributed by atoms with E-state index < -0.39 is 11.7 Å². The van der Waals surface area contributed by atoms with Crippen molar-refractivity contribution in [1.29, 1.82) is 0 Å². The van der Waals surface area contributed by atoms with Gasteiger partial charge in [0.25, 0.3) is 0 Å². The van der Waals surface area contributed by atoms with Crippen LogP contribution in [0.1, 0.15) is 35.8 Å². The summed E-state index contributed by atoms with van der Waals surface area (Å²) in [6.07, 6.45) is -1.12. The molecule has 2 amide bonds. The summed E-state index contributed by atoms with van der Waals surface area (Å²) < 4.78 is 45.4. The van der Waals surface area contributed by atoms with Crippen molar-refractivity contribution < 1.29 is 22.4 Å². The molecule has 2 unspecified atom stereocenters. The summed E-state index contributed by atoms with van der Waals surface area (Å²) in [5.41, 5.74) is 7.79. The molecule has 7 nitrogen and oxygen atoms in total. The summed E-state index contributed by atoms with van der Waals surface area (Å²) in [7, 11) is 0. The highest BCUT2D eigenvalue weighted by Gasteiger charge is 2.48. The van der Waals surface area contributed by atoms with Crippen LogP contribution in [0.15, 0.2) is 71.3 Å². The first-order valence-electron chi connectivity index (χ1n) is 11.9. The van der Waals surface area contributed by atoms with Crippen LogP contribution >= 0.6 is 0 Å². The van der Waals surface area contributed by atoms with Gasteiger partial charge >= 0.3 is 12.2 Å². The Hall–Kier alpha value is -4.18. The van der Waals surface area contributed by atoms with E-state index in [1.54, 1.807) is 41.4 Å². The molecule has 0 radical (unpaired) electrons. The lowest BCUT2D eigenvalue weighted by molar-refractivity contribution is -0.137. The maximum absolute atomic E-state index is 13.5. The van der Waals surface area contributed by atoms with Crippen LogP contribution in [0.3, 0.4) is 0 Å². The molecule has 10 heteroatoms. The second-order valence-electron chi connectivity index (χ2n) is 9.14. The zero-order chi connectivity index (χ0) is 25.7. The molecule has 3 heterocycles. The van der Waals surface area contributed by atoms with Crippen LogP contribution in [0.4, 0.5) is 29.5 Å². The van der Waals surface area contributed by atoms with Gasteiger partial charge in [-0.2, -0.15) is 13.2 Å². The molecular formula is C27H22F3N5O2. The molecule has 3 N–H and O–H groups in total. The van der Waals surface area contributed by atoms with Crippen molar-refractivity contribution in [1.82, 2.24) is 9.97 Å². The van der Waals surface area contributed by atoms with Gasteiger partial charge in [-0.05, 0) is 43.2 Å². The molecule has 0 spiro atoms. The normalized spacial score (nSPS) is 18.2.